The molecule has 0 atom stereocenters. The van der Waals surface area contributed by atoms with Crippen LogP contribution in [0.5, 0.6) is 0 Å². The van der Waals surface area contributed by atoms with Crippen LogP contribution in [0, 0.1) is 11.2 Å². The Morgan fingerprint density at radius 2 is 2.11 bits per heavy atom. The molecule has 0 saturated heterocycles. The van der Waals surface area contributed by atoms with Crippen LogP contribution in [0.1, 0.15) is 43.0 Å². The molecule has 1 aromatic carbocycles. The average Bonchev–Trinajstić information content (AvgIpc) is 2.77. The van der Waals surface area contributed by atoms with E-state index in [1.807, 2.05) is 0 Å². The Morgan fingerprint density at radius 3 is 2.78 bits per heavy atom. The van der Waals surface area contributed by atoms with Gasteiger partial charge < -0.3 is 11.1 Å². The smallest absolute Gasteiger partial charge is 0.253 e. The number of hydrogen-bond donors (Lipinski definition) is 2. The van der Waals surface area contributed by atoms with Crippen LogP contribution in [0.3, 0.4) is 0 Å². The van der Waals surface area contributed by atoms with E-state index in [0.717, 1.165) is 12.8 Å². The highest BCUT2D eigenvalue weighted by Gasteiger charge is 2.29. The van der Waals surface area contributed by atoms with Gasteiger partial charge in [0.1, 0.15) is 5.82 Å². The molecule has 3 N–H and O–H groups in total. The maximum absolute atomic E-state index is 13.1. The molecule has 18 heavy (non-hydrogen) atoms. The summed E-state index contributed by atoms with van der Waals surface area (Å²) in [5.74, 6) is -0.735. The van der Waals surface area contributed by atoms with Crippen molar-refractivity contribution >= 4 is 11.6 Å². The van der Waals surface area contributed by atoms with Crippen molar-refractivity contribution in [2.24, 2.45) is 5.41 Å². The zero-order chi connectivity index (χ0) is 13.2. The molecule has 1 saturated carbocycles. The van der Waals surface area contributed by atoms with Gasteiger partial charge in [0.15, 0.2) is 0 Å². The Hall–Kier alpha value is -1.58. The van der Waals surface area contributed by atoms with Crippen LogP contribution < -0.4 is 11.1 Å². The number of rotatable bonds is 3. The van der Waals surface area contributed by atoms with Gasteiger partial charge in [0.05, 0.1) is 5.56 Å². The number of carbonyl (C=O) groups excluding carboxylic acids is 1. The third-order valence-electron chi connectivity index (χ3n) is 3.75. The van der Waals surface area contributed by atoms with Gasteiger partial charge in [-0.15, -0.1) is 0 Å². The fraction of sp³-hybridized carbons (Fsp3) is 0.500. The predicted molar refractivity (Wildman–Crippen MR) is 69.7 cm³/mol. The van der Waals surface area contributed by atoms with Crippen LogP contribution in [0.2, 0.25) is 0 Å². The molecule has 0 aliphatic heterocycles. The summed E-state index contributed by atoms with van der Waals surface area (Å²) in [6.45, 7) is 2.80. The molecule has 0 radical (unpaired) electrons. The van der Waals surface area contributed by atoms with Crippen molar-refractivity contribution in [3.05, 3.63) is 29.6 Å². The van der Waals surface area contributed by atoms with Crippen molar-refractivity contribution in [2.45, 2.75) is 32.6 Å². The van der Waals surface area contributed by atoms with Crippen LogP contribution in [-0.4, -0.2) is 12.5 Å². The first kappa shape index (κ1) is 12.9. The second-order valence-electron chi connectivity index (χ2n) is 5.43. The van der Waals surface area contributed by atoms with Crippen molar-refractivity contribution in [1.82, 2.24) is 5.32 Å². The van der Waals surface area contributed by atoms with Crippen molar-refractivity contribution in [3.8, 4) is 0 Å². The molecular weight excluding hydrogens is 231 g/mol. The van der Waals surface area contributed by atoms with Gasteiger partial charge in [0, 0.05) is 12.2 Å². The maximum Gasteiger partial charge on any atom is 0.253 e. The molecular formula is C14H19FN2O. The van der Waals surface area contributed by atoms with E-state index in [0.29, 0.717) is 12.2 Å². The molecule has 4 heteroatoms. The monoisotopic (exact) mass is 250 g/mol. The molecule has 1 aliphatic rings. The number of amides is 1. The van der Waals surface area contributed by atoms with Crippen molar-refractivity contribution < 1.29 is 9.18 Å². The SMILES string of the molecule is CC1(CNC(=O)c2cc(F)ccc2N)CCCC1. The van der Waals surface area contributed by atoms with Crippen molar-refractivity contribution in [2.75, 3.05) is 12.3 Å². The number of halogens is 1. The lowest BCUT2D eigenvalue weighted by molar-refractivity contribution is 0.0934. The van der Waals surface area contributed by atoms with E-state index in [9.17, 15) is 9.18 Å². The van der Waals surface area contributed by atoms with Gasteiger partial charge in [-0.2, -0.15) is 0 Å². The van der Waals surface area contributed by atoms with Crippen LogP contribution in [0.4, 0.5) is 10.1 Å². The lowest BCUT2D eigenvalue weighted by Crippen LogP contribution is -2.34. The van der Waals surface area contributed by atoms with Gasteiger partial charge in [-0.3, -0.25) is 4.79 Å². The van der Waals surface area contributed by atoms with E-state index >= 15 is 0 Å². The van der Waals surface area contributed by atoms with Gasteiger partial charge in [0.2, 0.25) is 0 Å². The lowest BCUT2D eigenvalue weighted by Gasteiger charge is -2.23. The van der Waals surface area contributed by atoms with Gasteiger partial charge in [-0.25, -0.2) is 4.39 Å². The fourth-order valence-corrected chi connectivity index (χ4v) is 2.52. The Labute approximate surface area is 107 Å². The highest BCUT2D eigenvalue weighted by molar-refractivity contribution is 5.99. The first-order valence-electron chi connectivity index (χ1n) is 6.33. The molecule has 2 rings (SSSR count). The summed E-state index contributed by atoms with van der Waals surface area (Å²) in [6.07, 6.45) is 4.70. The van der Waals surface area contributed by atoms with Crippen LogP contribution in [-0.2, 0) is 0 Å². The van der Waals surface area contributed by atoms with Crippen LogP contribution >= 0.6 is 0 Å². The maximum atomic E-state index is 13.1. The van der Waals surface area contributed by atoms with E-state index in [2.05, 4.69) is 12.2 Å². The summed E-state index contributed by atoms with van der Waals surface area (Å²) < 4.78 is 13.1. The summed E-state index contributed by atoms with van der Waals surface area (Å²) >= 11 is 0. The van der Waals surface area contributed by atoms with Crippen LogP contribution in [0.25, 0.3) is 0 Å². The van der Waals surface area contributed by atoms with Gasteiger partial charge in [0.25, 0.3) is 5.91 Å². The number of hydrogen-bond acceptors (Lipinski definition) is 2. The number of nitrogens with one attached hydrogen (secondary N) is 1. The molecule has 0 spiro atoms. The number of nitrogen functional groups attached to an aromatic ring is 1. The molecule has 1 aliphatic carbocycles. The van der Waals surface area contributed by atoms with Gasteiger partial charge in [-0.05, 0) is 36.5 Å². The van der Waals surface area contributed by atoms with E-state index in [4.69, 9.17) is 5.73 Å². The number of benzene rings is 1. The number of anilines is 1. The topological polar surface area (TPSA) is 55.1 Å². The standard InChI is InChI=1S/C14H19FN2O/c1-14(6-2-3-7-14)9-17-13(18)11-8-10(15)4-5-12(11)16/h4-5,8H,2-3,6-7,9,16H2,1H3,(H,17,18). The van der Waals surface area contributed by atoms with Crippen molar-refractivity contribution in [1.29, 1.82) is 0 Å². The quantitative estimate of drug-likeness (QED) is 0.810. The van der Waals surface area contributed by atoms with E-state index < -0.39 is 5.82 Å². The minimum absolute atomic E-state index is 0.178. The molecule has 0 bridgehead atoms. The fourth-order valence-electron chi connectivity index (χ4n) is 2.52. The minimum Gasteiger partial charge on any atom is -0.398 e. The molecule has 3 nitrogen and oxygen atoms in total. The normalized spacial score (nSPS) is 17.7. The highest BCUT2D eigenvalue weighted by Crippen LogP contribution is 2.36. The first-order chi connectivity index (χ1) is 8.50. The third kappa shape index (κ3) is 2.81. The second-order valence-corrected chi connectivity index (χ2v) is 5.43. The molecule has 1 fully saturated rings. The zero-order valence-electron chi connectivity index (χ0n) is 10.6. The minimum atomic E-state index is -0.443. The Morgan fingerprint density at radius 1 is 1.44 bits per heavy atom. The second kappa shape index (κ2) is 4.96. The summed E-state index contributed by atoms with van der Waals surface area (Å²) in [7, 11) is 0. The lowest BCUT2D eigenvalue weighted by atomic mass is 9.89. The van der Waals surface area contributed by atoms with Crippen molar-refractivity contribution in [3.63, 3.8) is 0 Å². The average molecular weight is 250 g/mol. The summed E-state index contributed by atoms with van der Waals surface area (Å²) in [5, 5.41) is 2.86. The van der Waals surface area contributed by atoms with Gasteiger partial charge >= 0.3 is 0 Å². The number of carbonyl (C=O) groups is 1. The largest absolute Gasteiger partial charge is 0.398 e. The molecule has 98 valence electrons. The Balaban J connectivity index is 2.01. The molecule has 0 unspecified atom stereocenters. The molecule has 0 aromatic heterocycles. The molecule has 0 heterocycles. The van der Waals surface area contributed by atoms with Gasteiger partial charge in [-0.1, -0.05) is 19.8 Å². The van der Waals surface area contributed by atoms with E-state index in [1.165, 1.54) is 31.0 Å². The third-order valence-corrected chi connectivity index (χ3v) is 3.75. The Kier molecular flexibility index (Phi) is 3.55. The summed E-state index contributed by atoms with van der Waals surface area (Å²) in [4.78, 5) is 12.0. The predicted octanol–water partition coefficient (Wildman–Crippen LogP) is 2.72. The van der Waals surface area contributed by atoms with E-state index in [1.54, 1.807) is 0 Å². The Bertz CT molecular complexity index is 453. The summed E-state index contributed by atoms with van der Waals surface area (Å²) in [6, 6.07) is 3.85. The summed E-state index contributed by atoms with van der Waals surface area (Å²) in [5.41, 5.74) is 6.39. The highest BCUT2D eigenvalue weighted by atomic mass is 19.1. The first-order valence-corrected chi connectivity index (χ1v) is 6.33. The number of nitrogens with two attached hydrogens (primary N) is 1. The molecule has 1 amide bonds. The van der Waals surface area contributed by atoms with Crippen LogP contribution in [0.15, 0.2) is 18.2 Å². The van der Waals surface area contributed by atoms with E-state index in [-0.39, 0.29) is 16.9 Å². The zero-order valence-corrected chi connectivity index (χ0v) is 10.6. The molecule has 1 aromatic rings.